The van der Waals surface area contributed by atoms with Crippen molar-refractivity contribution in [2.45, 2.75) is 24.7 Å². The highest BCUT2D eigenvalue weighted by Crippen LogP contribution is 2.47. The Morgan fingerprint density at radius 1 is 1.29 bits per heavy atom. The molecular formula is C16H17N3O2. The van der Waals surface area contributed by atoms with E-state index in [9.17, 15) is 4.79 Å². The van der Waals surface area contributed by atoms with Crippen LogP contribution in [-0.2, 0) is 10.2 Å². The Balaban J connectivity index is 2.03. The Kier molecular flexibility index (Phi) is 3.33. The lowest BCUT2D eigenvalue weighted by molar-refractivity contribution is 0.0601. The van der Waals surface area contributed by atoms with Gasteiger partial charge in [-0.15, -0.1) is 0 Å². The largest absolute Gasteiger partial charge is 0.465 e. The zero-order chi connectivity index (χ0) is 14.9. The minimum absolute atomic E-state index is 0.175. The molecule has 0 atom stereocenters. The van der Waals surface area contributed by atoms with Crippen LogP contribution in [0.4, 0.5) is 5.82 Å². The second kappa shape index (κ2) is 5.16. The average Bonchev–Trinajstić information content (AvgIpc) is 2.47. The van der Waals surface area contributed by atoms with Gasteiger partial charge < -0.3 is 10.5 Å². The molecule has 0 aliphatic heterocycles. The van der Waals surface area contributed by atoms with Crippen LogP contribution in [0.5, 0.6) is 0 Å². The van der Waals surface area contributed by atoms with E-state index >= 15 is 0 Å². The van der Waals surface area contributed by atoms with Crippen LogP contribution >= 0.6 is 0 Å². The first-order valence-corrected chi connectivity index (χ1v) is 6.94. The summed E-state index contributed by atoms with van der Waals surface area (Å²) in [6.45, 7) is 0. The smallest absolute Gasteiger partial charge is 0.343 e. The molecule has 0 spiro atoms. The van der Waals surface area contributed by atoms with Crippen molar-refractivity contribution >= 4 is 11.8 Å². The summed E-state index contributed by atoms with van der Waals surface area (Å²) in [4.78, 5) is 20.3. The molecular weight excluding hydrogens is 266 g/mol. The SMILES string of the molecule is COC(=O)c1cnc(C2(c3ccccc3)CCC2)nc1N. The van der Waals surface area contributed by atoms with Crippen LogP contribution in [0.15, 0.2) is 36.5 Å². The zero-order valence-electron chi connectivity index (χ0n) is 11.9. The topological polar surface area (TPSA) is 78.1 Å². The lowest BCUT2D eigenvalue weighted by Gasteiger charge is -2.41. The van der Waals surface area contributed by atoms with Gasteiger partial charge in [0.25, 0.3) is 0 Å². The van der Waals surface area contributed by atoms with Crippen LogP contribution in [0.1, 0.15) is 41.0 Å². The van der Waals surface area contributed by atoms with Crippen molar-refractivity contribution in [2.75, 3.05) is 12.8 Å². The predicted molar refractivity (Wildman–Crippen MR) is 78.9 cm³/mol. The Hall–Kier alpha value is -2.43. The molecule has 21 heavy (non-hydrogen) atoms. The number of carbonyl (C=O) groups is 1. The van der Waals surface area contributed by atoms with Gasteiger partial charge in [0.2, 0.25) is 0 Å². The van der Waals surface area contributed by atoms with Gasteiger partial charge in [-0.3, -0.25) is 0 Å². The molecule has 108 valence electrons. The molecule has 5 heteroatoms. The third-order valence-corrected chi connectivity index (χ3v) is 4.19. The third kappa shape index (κ3) is 2.14. The minimum atomic E-state index is -0.513. The van der Waals surface area contributed by atoms with E-state index in [0.29, 0.717) is 5.82 Å². The number of benzene rings is 1. The van der Waals surface area contributed by atoms with E-state index in [1.165, 1.54) is 18.9 Å². The van der Waals surface area contributed by atoms with Crippen molar-refractivity contribution in [1.29, 1.82) is 0 Å². The fraction of sp³-hybridized carbons (Fsp3) is 0.312. The highest BCUT2D eigenvalue weighted by Gasteiger charge is 2.43. The van der Waals surface area contributed by atoms with Gasteiger partial charge in [-0.05, 0) is 18.4 Å². The average molecular weight is 283 g/mol. The van der Waals surface area contributed by atoms with Crippen LogP contribution in [-0.4, -0.2) is 23.0 Å². The molecule has 1 saturated carbocycles. The summed E-state index contributed by atoms with van der Waals surface area (Å²) < 4.78 is 4.67. The summed E-state index contributed by atoms with van der Waals surface area (Å²) in [6, 6.07) is 10.2. The van der Waals surface area contributed by atoms with E-state index in [1.807, 2.05) is 18.2 Å². The van der Waals surface area contributed by atoms with Gasteiger partial charge in [-0.1, -0.05) is 36.8 Å². The maximum atomic E-state index is 11.6. The normalized spacial score (nSPS) is 16.0. The van der Waals surface area contributed by atoms with Gasteiger partial charge in [-0.2, -0.15) is 0 Å². The molecule has 1 aromatic carbocycles. The van der Waals surface area contributed by atoms with Gasteiger partial charge >= 0.3 is 5.97 Å². The number of hydrogen-bond acceptors (Lipinski definition) is 5. The summed E-state index contributed by atoms with van der Waals surface area (Å²) >= 11 is 0. The number of rotatable bonds is 3. The summed E-state index contributed by atoms with van der Waals surface area (Å²) in [7, 11) is 1.31. The number of hydrogen-bond donors (Lipinski definition) is 1. The van der Waals surface area contributed by atoms with E-state index in [1.54, 1.807) is 0 Å². The summed E-state index contributed by atoms with van der Waals surface area (Å²) in [5, 5.41) is 0. The molecule has 5 nitrogen and oxygen atoms in total. The molecule has 2 N–H and O–H groups in total. The fourth-order valence-corrected chi connectivity index (χ4v) is 2.82. The lowest BCUT2D eigenvalue weighted by Crippen LogP contribution is -2.37. The van der Waals surface area contributed by atoms with Crippen molar-refractivity contribution in [3.8, 4) is 0 Å². The predicted octanol–water partition coefficient (Wildman–Crippen LogP) is 2.32. The lowest BCUT2D eigenvalue weighted by atomic mass is 9.64. The Bertz CT molecular complexity index is 666. The standard InChI is InChI=1S/C16H17N3O2/c1-21-14(20)12-10-18-15(19-13(12)17)16(8-5-9-16)11-6-3-2-4-7-11/h2-4,6-7,10H,5,8-9H2,1H3,(H2,17,18,19). The maximum Gasteiger partial charge on any atom is 0.343 e. The number of anilines is 1. The summed E-state index contributed by atoms with van der Waals surface area (Å²) in [5.74, 6) is 0.348. The maximum absolute atomic E-state index is 11.6. The number of aromatic nitrogens is 2. The Morgan fingerprint density at radius 2 is 2.00 bits per heavy atom. The van der Waals surface area contributed by atoms with Crippen LogP contribution in [0.25, 0.3) is 0 Å². The highest BCUT2D eigenvalue weighted by atomic mass is 16.5. The monoisotopic (exact) mass is 283 g/mol. The van der Waals surface area contributed by atoms with Crippen molar-refractivity contribution < 1.29 is 9.53 Å². The number of nitrogen functional groups attached to an aromatic ring is 1. The molecule has 2 aromatic rings. The van der Waals surface area contributed by atoms with Crippen LogP contribution < -0.4 is 5.73 Å². The number of carbonyl (C=O) groups excluding carboxylic acids is 1. The van der Waals surface area contributed by atoms with Crippen molar-refractivity contribution in [1.82, 2.24) is 9.97 Å². The van der Waals surface area contributed by atoms with Crippen molar-refractivity contribution in [2.24, 2.45) is 0 Å². The molecule has 0 amide bonds. The van der Waals surface area contributed by atoms with Gasteiger partial charge in [0, 0.05) is 6.20 Å². The molecule has 3 rings (SSSR count). The number of methoxy groups -OCH3 is 1. The highest BCUT2D eigenvalue weighted by molar-refractivity contribution is 5.93. The first kappa shape index (κ1) is 13.5. The second-order valence-electron chi connectivity index (χ2n) is 5.29. The van der Waals surface area contributed by atoms with Crippen LogP contribution in [0.2, 0.25) is 0 Å². The van der Waals surface area contributed by atoms with E-state index in [0.717, 1.165) is 19.3 Å². The number of esters is 1. The first-order chi connectivity index (χ1) is 10.2. The van der Waals surface area contributed by atoms with Gasteiger partial charge in [0.15, 0.2) is 0 Å². The number of nitrogens with two attached hydrogens (primary N) is 1. The van der Waals surface area contributed by atoms with E-state index in [4.69, 9.17) is 5.73 Å². The summed E-state index contributed by atoms with van der Waals surface area (Å²) in [5.41, 5.74) is 7.13. The Morgan fingerprint density at radius 3 is 2.52 bits per heavy atom. The van der Waals surface area contributed by atoms with Gasteiger partial charge in [0.1, 0.15) is 17.2 Å². The van der Waals surface area contributed by atoms with Crippen LogP contribution in [0.3, 0.4) is 0 Å². The molecule has 1 heterocycles. The molecule has 1 aliphatic carbocycles. The quantitative estimate of drug-likeness (QED) is 0.875. The van der Waals surface area contributed by atoms with E-state index in [-0.39, 0.29) is 16.8 Å². The van der Waals surface area contributed by atoms with Gasteiger partial charge in [0.05, 0.1) is 12.5 Å². The Labute approximate surface area is 123 Å². The summed E-state index contributed by atoms with van der Waals surface area (Å²) in [6.07, 6.45) is 4.59. The number of nitrogens with zero attached hydrogens (tertiary/aromatic N) is 2. The van der Waals surface area contributed by atoms with Gasteiger partial charge in [-0.25, -0.2) is 14.8 Å². The van der Waals surface area contributed by atoms with Crippen LogP contribution in [0, 0.1) is 0 Å². The second-order valence-corrected chi connectivity index (χ2v) is 5.29. The van der Waals surface area contributed by atoms with Crippen molar-refractivity contribution in [3.05, 3.63) is 53.5 Å². The zero-order valence-corrected chi connectivity index (χ0v) is 11.9. The molecule has 1 fully saturated rings. The fourth-order valence-electron chi connectivity index (χ4n) is 2.82. The molecule has 0 radical (unpaired) electrons. The third-order valence-electron chi connectivity index (χ3n) is 4.19. The van der Waals surface area contributed by atoms with E-state index in [2.05, 4.69) is 26.8 Å². The van der Waals surface area contributed by atoms with E-state index < -0.39 is 5.97 Å². The molecule has 0 unspecified atom stereocenters. The molecule has 0 bridgehead atoms. The first-order valence-electron chi connectivity index (χ1n) is 6.94. The number of ether oxygens (including phenoxy) is 1. The molecule has 0 saturated heterocycles. The minimum Gasteiger partial charge on any atom is -0.465 e. The molecule has 1 aromatic heterocycles. The molecule has 1 aliphatic rings. The van der Waals surface area contributed by atoms with Crippen molar-refractivity contribution in [3.63, 3.8) is 0 Å².